The standard InChI is InChI=1S/C16H27ClN2O2S/c1-15(2,3)13(19-22(20)16(4,5)6)9-11-8-12(21-7)14(17)18-10-11/h8,10,13,19H,9H2,1-7H3/t13-,22+/m1/s1. The molecule has 1 rings (SSSR count). The molecule has 0 spiro atoms. The summed E-state index contributed by atoms with van der Waals surface area (Å²) in [6.45, 7) is 12.3. The molecular weight excluding hydrogens is 320 g/mol. The van der Waals surface area contributed by atoms with E-state index in [-0.39, 0.29) is 16.2 Å². The first-order valence-electron chi connectivity index (χ1n) is 7.31. The molecule has 0 saturated carbocycles. The van der Waals surface area contributed by atoms with Crippen LogP contribution in [0.25, 0.3) is 0 Å². The van der Waals surface area contributed by atoms with Gasteiger partial charge < -0.3 is 4.74 Å². The van der Waals surface area contributed by atoms with Crippen molar-refractivity contribution >= 4 is 22.6 Å². The monoisotopic (exact) mass is 346 g/mol. The van der Waals surface area contributed by atoms with E-state index in [2.05, 4.69) is 30.5 Å². The summed E-state index contributed by atoms with van der Waals surface area (Å²) >= 11 is 5.97. The van der Waals surface area contributed by atoms with E-state index in [4.69, 9.17) is 16.3 Å². The molecule has 6 heteroatoms. The van der Waals surface area contributed by atoms with Gasteiger partial charge in [-0.15, -0.1) is 0 Å². The number of ether oxygens (including phenoxy) is 1. The Morgan fingerprint density at radius 3 is 2.36 bits per heavy atom. The zero-order chi connectivity index (χ0) is 17.1. The summed E-state index contributed by atoms with van der Waals surface area (Å²) < 4.78 is 20.6. The fourth-order valence-corrected chi connectivity index (χ4v) is 3.02. The normalized spacial score (nSPS) is 15.5. The zero-order valence-electron chi connectivity index (χ0n) is 14.5. The topological polar surface area (TPSA) is 51.2 Å². The van der Waals surface area contributed by atoms with Crippen LogP contribution in [0.2, 0.25) is 5.15 Å². The lowest BCUT2D eigenvalue weighted by Crippen LogP contribution is -2.47. The van der Waals surface area contributed by atoms with E-state index in [1.54, 1.807) is 13.3 Å². The maximum atomic E-state index is 12.4. The summed E-state index contributed by atoms with van der Waals surface area (Å²) in [6.07, 6.45) is 2.44. The third-order valence-corrected chi connectivity index (χ3v) is 5.27. The first-order valence-corrected chi connectivity index (χ1v) is 8.84. The van der Waals surface area contributed by atoms with Crippen LogP contribution in [0.15, 0.2) is 12.3 Å². The highest BCUT2D eigenvalue weighted by molar-refractivity contribution is 7.84. The Labute approximate surface area is 141 Å². The molecule has 0 aromatic carbocycles. The van der Waals surface area contributed by atoms with Crippen LogP contribution in [0.5, 0.6) is 5.75 Å². The summed E-state index contributed by atoms with van der Waals surface area (Å²) in [4.78, 5) is 4.15. The molecule has 1 N–H and O–H groups in total. The molecule has 0 radical (unpaired) electrons. The number of halogens is 1. The number of pyridine rings is 1. The average molecular weight is 347 g/mol. The predicted octanol–water partition coefficient (Wildman–Crippen LogP) is 3.75. The van der Waals surface area contributed by atoms with Crippen molar-refractivity contribution in [2.75, 3.05) is 7.11 Å². The van der Waals surface area contributed by atoms with Crippen molar-refractivity contribution in [1.29, 1.82) is 0 Å². The molecule has 0 bridgehead atoms. The molecule has 0 fully saturated rings. The van der Waals surface area contributed by atoms with Crippen LogP contribution in [0.3, 0.4) is 0 Å². The van der Waals surface area contributed by atoms with Gasteiger partial charge in [0, 0.05) is 12.2 Å². The number of methoxy groups -OCH3 is 1. The number of nitrogens with one attached hydrogen (secondary N) is 1. The van der Waals surface area contributed by atoms with Gasteiger partial charge in [0.1, 0.15) is 0 Å². The van der Waals surface area contributed by atoms with Gasteiger partial charge in [-0.05, 0) is 44.2 Å². The number of nitrogens with zero attached hydrogens (tertiary/aromatic N) is 1. The van der Waals surface area contributed by atoms with E-state index < -0.39 is 11.0 Å². The molecule has 0 aliphatic rings. The van der Waals surface area contributed by atoms with Crippen molar-refractivity contribution in [1.82, 2.24) is 9.71 Å². The van der Waals surface area contributed by atoms with Crippen molar-refractivity contribution in [3.63, 3.8) is 0 Å². The quantitative estimate of drug-likeness (QED) is 0.826. The molecule has 1 aromatic rings. The van der Waals surface area contributed by atoms with E-state index in [0.29, 0.717) is 17.3 Å². The highest BCUT2D eigenvalue weighted by Crippen LogP contribution is 2.27. The summed E-state index contributed by atoms with van der Waals surface area (Å²) in [5.74, 6) is 0.559. The second kappa shape index (κ2) is 7.28. The average Bonchev–Trinajstić information content (AvgIpc) is 2.37. The van der Waals surface area contributed by atoms with Gasteiger partial charge in [-0.1, -0.05) is 32.4 Å². The lowest BCUT2D eigenvalue weighted by atomic mass is 9.84. The third-order valence-electron chi connectivity index (χ3n) is 3.37. The van der Waals surface area contributed by atoms with Crippen molar-refractivity contribution in [3.8, 4) is 5.75 Å². The van der Waals surface area contributed by atoms with Gasteiger partial charge in [0.15, 0.2) is 10.9 Å². The SMILES string of the molecule is COc1cc(C[C@@H](N[S@@](=O)C(C)(C)C)C(C)(C)C)cnc1Cl. The largest absolute Gasteiger partial charge is 0.494 e. The molecule has 0 amide bonds. The Morgan fingerprint density at radius 2 is 1.91 bits per heavy atom. The zero-order valence-corrected chi connectivity index (χ0v) is 16.1. The van der Waals surface area contributed by atoms with Crippen LogP contribution in [0.4, 0.5) is 0 Å². The summed E-state index contributed by atoms with van der Waals surface area (Å²) in [6, 6.07) is 1.93. The Kier molecular flexibility index (Phi) is 6.42. The van der Waals surface area contributed by atoms with Crippen molar-refractivity contribution in [3.05, 3.63) is 23.0 Å². The highest BCUT2D eigenvalue weighted by atomic mass is 35.5. The lowest BCUT2D eigenvalue weighted by Gasteiger charge is -2.33. The maximum absolute atomic E-state index is 12.4. The molecule has 0 saturated heterocycles. The molecule has 0 unspecified atom stereocenters. The number of aromatic nitrogens is 1. The third kappa shape index (κ3) is 5.52. The number of hydrogen-bond donors (Lipinski definition) is 1. The van der Waals surface area contributed by atoms with Crippen LogP contribution >= 0.6 is 11.6 Å². The van der Waals surface area contributed by atoms with Crippen LogP contribution in [0, 0.1) is 5.41 Å². The van der Waals surface area contributed by atoms with Crippen LogP contribution in [-0.4, -0.2) is 27.1 Å². The van der Waals surface area contributed by atoms with Gasteiger partial charge in [-0.2, -0.15) is 0 Å². The molecule has 22 heavy (non-hydrogen) atoms. The van der Waals surface area contributed by atoms with E-state index in [1.807, 2.05) is 26.8 Å². The molecule has 2 atom stereocenters. The highest BCUT2D eigenvalue weighted by Gasteiger charge is 2.30. The summed E-state index contributed by atoms with van der Waals surface area (Å²) in [5.41, 5.74) is 0.952. The maximum Gasteiger partial charge on any atom is 0.171 e. The van der Waals surface area contributed by atoms with Gasteiger partial charge >= 0.3 is 0 Å². The Hall–Kier alpha value is -0.650. The second-order valence-corrected chi connectivity index (χ2v) is 9.81. The van der Waals surface area contributed by atoms with Gasteiger partial charge in [0.05, 0.1) is 22.8 Å². The molecule has 0 aliphatic heterocycles. The smallest absolute Gasteiger partial charge is 0.171 e. The molecule has 1 heterocycles. The number of hydrogen-bond acceptors (Lipinski definition) is 3. The molecule has 0 aliphatic carbocycles. The van der Waals surface area contributed by atoms with E-state index in [0.717, 1.165) is 5.56 Å². The summed E-state index contributed by atoms with van der Waals surface area (Å²) in [7, 11) is 0.443. The fourth-order valence-electron chi connectivity index (χ4n) is 1.79. The molecule has 1 aromatic heterocycles. The first-order chi connectivity index (χ1) is 9.95. The van der Waals surface area contributed by atoms with Gasteiger partial charge in [-0.3, -0.25) is 0 Å². The molecular formula is C16H27ClN2O2S. The molecule has 126 valence electrons. The second-order valence-electron chi connectivity index (χ2n) is 7.46. The van der Waals surface area contributed by atoms with Gasteiger partial charge in [-0.25, -0.2) is 13.9 Å². The van der Waals surface area contributed by atoms with E-state index in [1.165, 1.54) is 0 Å². The van der Waals surface area contributed by atoms with Crippen molar-refractivity contribution in [2.24, 2.45) is 5.41 Å². The van der Waals surface area contributed by atoms with Crippen molar-refractivity contribution < 1.29 is 8.95 Å². The predicted molar refractivity (Wildman–Crippen MR) is 93.8 cm³/mol. The Bertz CT molecular complexity index is 536. The lowest BCUT2D eigenvalue weighted by molar-refractivity contribution is 0.298. The van der Waals surface area contributed by atoms with Crippen LogP contribution in [0.1, 0.15) is 47.1 Å². The van der Waals surface area contributed by atoms with Gasteiger partial charge in [0.25, 0.3) is 0 Å². The first kappa shape index (κ1) is 19.4. The Morgan fingerprint density at radius 1 is 1.32 bits per heavy atom. The van der Waals surface area contributed by atoms with Crippen LogP contribution in [-0.2, 0) is 17.4 Å². The van der Waals surface area contributed by atoms with Crippen molar-refractivity contribution in [2.45, 2.75) is 58.8 Å². The van der Waals surface area contributed by atoms with E-state index in [9.17, 15) is 4.21 Å². The minimum atomic E-state index is -1.13. The summed E-state index contributed by atoms with van der Waals surface area (Å²) in [5, 5.41) is 0.352. The Balaban J connectivity index is 2.98. The van der Waals surface area contributed by atoms with E-state index >= 15 is 0 Å². The fraction of sp³-hybridized carbons (Fsp3) is 0.688. The minimum Gasteiger partial charge on any atom is -0.494 e. The van der Waals surface area contributed by atoms with Gasteiger partial charge in [0.2, 0.25) is 0 Å². The number of rotatable bonds is 5. The minimum absolute atomic E-state index is 0.0419. The molecule has 4 nitrogen and oxygen atoms in total. The van der Waals surface area contributed by atoms with Crippen LogP contribution < -0.4 is 9.46 Å².